The zero-order chi connectivity index (χ0) is 11.6. The molecule has 0 spiro atoms. The van der Waals surface area contributed by atoms with Crippen molar-refractivity contribution in [2.24, 2.45) is 4.99 Å². The molecular formula is C13H13ClN2Os-. The molecule has 2 aromatic rings. The SMILES string of the molecule is C(=Nc1ccccc1)c1ccccn1.[CH3-].[Cl][Os]. The van der Waals surface area contributed by atoms with Crippen molar-refractivity contribution in [2.75, 3.05) is 0 Å². The zero-order valence-electron chi connectivity index (χ0n) is 9.40. The molecular weight excluding hydrogens is 410 g/mol. The van der Waals surface area contributed by atoms with Gasteiger partial charge in [0.1, 0.15) is 0 Å². The van der Waals surface area contributed by atoms with Crippen molar-refractivity contribution in [1.82, 2.24) is 4.98 Å². The van der Waals surface area contributed by atoms with E-state index in [0.29, 0.717) is 0 Å². The average Bonchev–Trinajstić information content (AvgIpc) is 2.41. The minimum absolute atomic E-state index is 0. The molecule has 0 radical (unpaired) electrons. The summed E-state index contributed by atoms with van der Waals surface area (Å²) in [7, 11) is 4.67. The van der Waals surface area contributed by atoms with Crippen molar-refractivity contribution in [2.45, 2.75) is 0 Å². The first-order valence-corrected chi connectivity index (χ1v) is 7.73. The summed E-state index contributed by atoms with van der Waals surface area (Å²) >= 11 is 1.33. The molecule has 0 atom stereocenters. The van der Waals surface area contributed by atoms with Gasteiger partial charge in [0.05, 0.1) is 17.6 Å². The van der Waals surface area contributed by atoms with Gasteiger partial charge in [-0.1, -0.05) is 24.3 Å². The summed E-state index contributed by atoms with van der Waals surface area (Å²) in [5.74, 6) is 0. The molecule has 0 fully saturated rings. The predicted molar refractivity (Wildman–Crippen MR) is 70.2 cm³/mol. The number of nitrogens with zero attached hydrogens (tertiary/aromatic N) is 2. The van der Waals surface area contributed by atoms with E-state index < -0.39 is 0 Å². The van der Waals surface area contributed by atoms with Crippen molar-refractivity contribution < 1.29 is 17.6 Å². The Hall–Kier alpha value is -1.03. The third kappa shape index (κ3) is 6.31. The van der Waals surface area contributed by atoms with Crippen LogP contribution in [0.25, 0.3) is 0 Å². The van der Waals surface area contributed by atoms with E-state index in [1.165, 1.54) is 17.6 Å². The Labute approximate surface area is 117 Å². The van der Waals surface area contributed by atoms with Crippen molar-refractivity contribution >= 4 is 21.5 Å². The van der Waals surface area contributed by atoms with Crippen molar-refractivity contribution in [3.8, 4) is 0 Å². The summed E-state index contributed by atoms with van der Waals surface area (Å²) in [6, 6.07) is 15.6. The molecule has 2 rings (SSSR count). The predicted octanol–water partition coefficient (Wildman–Crippen LogP) is 3.97. The number of aromatic nitrogens is 1. The van der Waals surface area contributed by atoms with E-state index in [9.17, 15) is 0 Å². The van der Waals surface area contributed by atoms with E-state index in [1.54, 1.807) is 12.4 Å². The Bertz CT molecular complexity index is 376. The van der Waals surface area contributed by atoms with Gasteiger partial charge in [-0.05, 0) is 24.3 Å². The fraction of sp³-hybridized carbons (Fsp3) is 0. The van der Waals surface area contributed by atoms with Crippen LogP contribution in [0.5, 0.6) is 0 Å². The van der Waals surface area contributed by atoms with Crippen molar-refractivity contribution in [1.29, 1.82) is 0 Å². The Morgan fingerprint density at radius 1 is 1.00 bits per heavy atom. The summed E-state index contributed by atoms with van der Waals surface area (Å²) in [5.41, 5.74) is 1.81. The summed E-state index contributed by atoms with van der Waals surface area (Å²) in [6.45, 7) is 0. The molecule has 1 aromatic carbocycles. The molecule has 0 aliphatic heterocycles. The molecule has 0 amide bonds. The van der Waals surface area contributed by atoms with Crippen LogP contribution < -0.4 is 0 Å². The Morgan fingerprint density at radius 3 is 2.24 bits per heavy atom. The minimum atomic E-state index is 0. The summed E-state index contributed by atoms with van der Waals surface area (Å²) in [6.07, 6.45) is 3.52. The maximum absolute atomic E-state index is 4.67. The van der Waals surface area contributed by atoms with Crippen LogP contribution in [0.4, 0.5) is 5.69 Å². The number of hydrogen-bond donors (Lipinski definition) is 0. The number of para-hydroxylation sites is 1. The molecule has 17 heavy (non-hydrogen) atoms. The first-order valence-electron chi connectivity index (χ1n) is 4.59. The van der Waals surface area contributed by atoms with E-state index in [-0.39, 0.29) is 7.43 Å². The van der Waals surface area contributed by atoms with E-state index in [1.807, 2.05) is 48.5 Å². The molecule has 0 saturated carbocycles. The van der Waals surface area contributed by atoms with Gasteiger partial charge in [0.2, 0.25) is 0 Å². The number of hydrogen-bond acceptors (Lipinski definition) is 2. The van der Waals surface area contributed by atoms with Crippen LogP contribution in [-0.2, 0) is 17.6 Å². The third-order valence-corrected chi connectivity index (χ3v) is 1.79. The zero-order valence-corrected chi connectivity index (χ0v) is 12.7. The van der Waals surface area contributed by atoms with Crippen LogP contribution in [0.1, 0.15) is 5.69 Å². The molecule has 0 saturated heterocycles. The van der Waals surface area contributed by atoms with Crippen LogP contribution in [0, 0.1) is 7.43 Å². The Kier molecular flexibility index (Phi) is 9.52. The normalized spacial score (nSPS) is 9.06. The van der Waals surface area contributed by atoms with E-state index in [0.717, 1.165) is 11.4 Å². The van der Waals surface area contributed by atoms with Gasteiger partial charge in [-0.25, -0.2) is 0 Å². The van der Waals surface area contributed by atoms with Crippen LogP contribution in [0.2, 0.25) is 0 Å². The van der Waals surface area contributed by atoms with Crippen molar-refractivity contribution in [3.05, 3.63) is 67.8 Å². The van der Waals surface area contributed by atoms with E-state index >= 15 is 0 Å². The number of aliphatic imine (C=N–C) groups is 1. The Balaban J connectivity index is 0.000000811. The molecule has 0 unspecified atom stereocenters. The quantitative estimate of drug-likeness (QED) is 0.531. The Morgan fingerprint density at radius 2 is 1.65 bits per heavy atom. The van der Waals surface area contributed by atoms with Gasteiger partial charge < -0.3 is 7.43 Å². The molecule has 1 heterocycles. The molecule has 4 heteroatoms. The molecule has 0 aliphatic rings. The molecule has 2 nitrogen and oxygen atoms in total. The molecule has 0 bridgehead atoms. The topological polar surface area (TPSA) is 25.2 Å². The summed E-state index contributed by atoms with van der Waals surface area (Å²) in [5, 5.41) is 0. The van der Waals surface area contributed by atoms with Gasteiger partial charge in [0.15, 0.2) is 0 Å². The average molecular weight is 423 g/mol. The van der Waals surface area contributed by atoms with Crippen LogP contribution in [0.15, 0.2) is 59.7 Å². The fourth-order valence-corrected chi connectivity index (χ4v) is 1.11. The number of pyridine rings is 1. The molecule has 1 aromatic heterocycles. The molecule has 91 valence electrons. The number of benzene rings is 1. The summed E-state index contributed by atoms with van der Waals surface area (Å²) in [4.78, 5) is 8.43. The van der Waals surface area contributed by atoms with Gasteiger partial charge in [0.25, 0.3) is 0 Å². The van der Waals surface area contributed by atoms with Gasteiger partial charge in [0, 0.05) is 6.20 Å². The summed E-state index contributed by atoms with van der Waals surface area (Å²) < 4.78 is 0. The van der Waals surface area contributed by atoms with E-state index in [2.05, 4.69) is 19.6 Å². The second-order valence-corrected chi connectivity index (χ2v) is 2.85. The first kappa shape index (κ1) is 16.0. The van der Waals surface area contributed by atoms with Gasteiger partial charge >= 0.3 is 27.2 Å². The number of halogens is 1. The van der Waals surface area contributed by atoms with Crippen LogP contribution in [-0.4, -0.2) is 11.2 Å². The van der Waals surface area contributed by atoms with Crippen molar-refractivity contribution in [3.63, 3.8) is 0 Å². The number of rotatable bonds is 2. The van der Waals surface area contributed by atoms with Crippen LogP contribution >= 0.6 is 9.64 Å². The first-order chi connectivity index (χ1) is 7.95. The fourth-order valence-electron chi connectivity index (χ4n) is 1.11. The monoisotopic (exact) mass is 424 g/mol. The van der Waals surface area contributed by atoms with Gasteiger partial charge in [-0.2, -0.15) is 0 Å². The second kappa shape index (κ2) is 10.1. The second-order valence-electron chi connectivity index (χ2n) is 2.85. The standard InChI is InChI=1S/C12H10N2.CH3.ClH.Os/c1-2-6-11(7-3-1)14-10-12-8-4-5-9-13-12;;;/h1-10H;1H3;1H;/q;-1;;+1/p-1. The van der Waals surface area contributed by atoms with Gasteiger partial charge in [-0.3, -0.25) is 9.98 Å². The maximum atomic E-state index is 4.67. The molecule has 0 N–H and O–H groups in total. The van der Waals surface area contributed by atoms with Crippen LogP contribution in [0.3, 0.4) is 0 Å². The van der Waals surface area contributed by atoms with E-state index in [4.69, 9.17) is 0 Å². The molecule has 0 aliphatic carbocycles. The third-order valence-electron chi connectivity index (χ3n) is 1.79. The van der Waals surface area contributed by atoms with Gasteiger partial charge in [-0.15, -0.1) is 0 Å².